The number of carbonyl (C=O) groups is 2. The van der Waals surface area contributed by atoms with Gasteiger partial charge in [0.2, 0.25) is 0 Å². The van der Waals surface area contributed by atoms with Crippen LogP contribution in [0, 0.1) is 18.7 Å². The number of rotatable bonds is 7. The molecule has 0 spiro atoms. The molecule has 0 unspecified atom stereocenters. The molecule has 3 aromatic carbocycles. The zero-order valence-electron chi connectivity index (χ0n) is 22.7. The largest absolute Gasteiger partial charge is 0.483 e. The van der Waals surface area contributed by atoms with Gasteiger partial charge in [0.15, 0.2) is 0 Å². The fraction of sp³-hybridized carbons (Fsp3) is 0.344. The van der Waals surface area contributed by atoms with E-state index < -0.39 is 0 Å². The smallest absolute Gasteiger partial charge is 0.290 e. The number of carbonyl (C=O) groups excluding carboxylic acids is 1. The molecule has 0 radical (unpaired) electrons. The number of nitrogens with one attached hydrogen (secondary N) is 2. The highest BCUT2D eigenvalue weighted by atomic mass is 19.1. The van der Waals surface area contributed by atoms with E-state index in [0.717, 1.165) is 58.7 Å². The van der Waals surface area contributed by atoms with Crippen LogP contribution >= 0.6 is 0 Å². The van der Waals surface area contributed by atoms with Crippen molar-refractivity contribution in [3.63, 3.8) is 0 Å². The average Bonchev–Trinajstić information content (AvgIpc) is 3.69. The minimum atomic E-state index is -0.369. The molecule has 2 aliphatic carbocycles. The van der Waals surface area contributed by atoms with E-state index in [9.17, 15) is 9.18 Å². The van der Waals surface area contributed by atoms with Crippen molar-refractivity contribution in [1.82, 2.24) is 15.1 Å². The quantitative estimate of drug-likeness (QED) is 0.225. The second-order valence-electron chi connectivity index (χ2n) is 10.7. The van der Waals surface area contributed by atoms with Crippen LogP contribution in [0.4, 0.5) is 10.1 Å². The molecule has 40 heavy (non-hydrogen) atoms. The van der Waals surface area contributed by atoms with Crippen LogP contribution in [-0.4, -0.2) is 39.9 Å². The highest BCUT2D eigenvalue weighted by Gasteiger charge is 2.24. The number of carboxylic acid groups (broad SMARTS) is 1. The Morgan fingerprint density at radius 2 is 1.77 bits per heavy atom. The predicted octanol–water partition coefficient (Wildman–Crippen LogP) is 6.73. The molecule has 1 heterocycles. The molecule has 2 aliphatic rings. The normalized spacial score (nSPS) is 15.2. The van der Waals surface area contributed by atoms with E-state index in [-0.39, 0.29) is 24.2 Å². The van der Waals surface area contributed by atoms with Crippen molar-refractivity contribution < 1.29 is 19.1 Å². The zero-order valence-corrected chi connectivity index (χ0v) is 22.7. The minimum Gasteiger partial charge on any atom is -0.483 e. The van der Waals surface area contributed by atoms with E-state index in [1.54, 1.807) is 13.0 Å². The van der Waals surface area contributed by atoms with Crippen LogP contribution in [0.15, 0.2) is 60.8 Å². The Morgan fingerprint density at radius 3 is 2.48 bits per heavy atom. The standard InChI is InChI=1S/C31H33FN4O.CH2O2/c1-20-28(16-23(17-29(20)32)31(37)35-26-8-9-26)22-7-14-30-24(15-22)19-34-36(30)27-12-10-25(11-13-27)33-18-21-5-3-2-4-6-21;2-1-3/h7,10-17,19,21,26,33H,2-6,8-9,18H2,1H3,(H,35,37);1H,(H,2,3). The molecule has 0 bridgehead atoms. The van der Waals surface area contributed by atoms with Crippen LogP contribution in [0.5, 0.6) is 0 Å². The molecular weight excluding hydrogens is 507 g/mol. The topological polar surface area (TPSA) is 96.3 Å². The first-order valence-electron chi connectivity index (χ1n) is 14.0. The molecule has 0 aliphatic heterocycles. The average molecular weight is 543 g/mol. The third kappa shape index (κ3) is 6.33. The third-order valence-electron chi connectivity index (χ3n) is 7.83. The van der Waals surface area contributed by atoms with Gasteiger partial charge in [-0.1, -0.05) is 25.3 Å². The molecule has 4 aromatic rings. The first-order valence-corrected chi connectivity index (χ1v) is 14.0. The van der Waals surface area contributed by atoms with E-state index in [4.69, 9.17) is 9.90 Å². The van der Waals surface area contributed by atoms with Gasteiger partial charge in [0.1, 0.15) is 5.82 Å². The van der Waals surface area contributed by atoms with Gasteiger partial charge in [-0.3, -0.25) is 9.59 Å². The Balaban J connectivity index is 0.00000103. The molecule has 7 nitrogen and oxygen atoms in total. The molecule has 0 atom stereocenters. The molecule has 0 saturated heterocycles. The summed E-state index contributed by atoms with van der Waals surface area (Å²) in [6.45, 7) is 2.54. The highest BCUT2D eigenvalue weighted by Crippen LogP contribution is 2.31. The Bertz CT molecular complexity index is 1490. The number of hydrogen-bond acceptors (Lipinski definition) is 4. The van der Waals surface area contributed by atoms with E-state index >= 15 is 0 Å². The van der Waals surface area contributed by atoms with Gasteiger partial charge in [-0.2, -0.15) is 5.10 Å². The minimum absolute atomic E-state index is 0.215. The summed E-state index contributed by atoms with van der Waals surface area (Å²) in [5.41, 5.74) is 5.59. The summed E-state index contributed by atoms with van der Waals surface area (Å²) in [5, 5.41) is 19.0. The zero-order chi connectivity index (χ0) is 28.1. The Morgan fingerprint density at radius 1 is 1.05 bits per heavy atom. The number of nitrogens with zero attached hydrogens (tertiary/aromatic N) is 2. The van der Waals surface area contributed by atoms with Gasteiger partial charge < -0.3 is 15.7 Å². The Hall–Kier alpha value is -4.20. The van der Waals surface area contributed by atoms with Gasteiger partial charge in [0.25, 0.3) is 12.4 Å². The number of halogens is 1. The maximum atomic E-state index is 14.8. The summed E-state index contributed by atoms with van der Waals surface area (Å²) in [6.07, 6.45) is 10.6. The number of anilines is 1. The van der Waals surface area contributed by atoms with Gasteiger partial charge in [-0.15, -0.1) is 0 Å². The molecule has 2 fully saturated rings. The predicted molar refractivity (Wildman–Crippen MR) is 155 cm³/mol. The summed E-state index contributed by atoms with van der Waals surface area (Å²) >= 11 is 0. The van der Waals surface area contributed by atoms with Crippen LogP contribution in [0.25, 0.3) is 27.7 Å². The fourth-order valence-electron chi connectivity index (χ4n) is 5.39. The number of aromatic nitrogens is 2. The van der Waals surface area contributed by atoms with Crippen LogP contribution in [0.2, 0.25) is 0 Å². The summed E-state index contributed by atoms with van der Waals surface area (Å²) < 4.78 is 16.7. The fourth-order valence-corrected chi connectivity index (χ4v) is 5.39. The maximum Gasteiger partial charge on any atom is 0.290 e. The molecule has 1 aromatic heterocycles. The van der Waals surface area contributed by atoms with E-state index in [2.05, 4.69) is 40.0 Å². The van der Waals surface area contributed by atoms with Crippen LogP contribution in [0.3, 0.4) is 0 Å². The van der Waals surface area contributed by atoms with Gasteiger partial charge in [-0.25, -0.2) is 9.07 Å². The van der Waals surface area contributed by atoms with Crippen molar-refractivity contribution in [2.75, 3.05) is 11.9 Å². The molecule has 1 amide bonds. The monoisotopic (exact) mass is 542 g/mol. The Kier molecular flexibility index (Phi) is 8.43. The van der Waals surface area contributed by atoms with Gasteiger partial charge in [-0.05, 0) is 104 Å². The number of amides is 1. The molecule has 3 N–H and O–H groups in total. The first kappa shape index (κ1) is 27.4. The van der Waals surface area contributed by atoms with Gasteiger partial charge >= 0.3 is 0 Å². The molecular formula is C32H35FN4O3. The third-order valence-corrected chi connectivity index (χ3v) is 7.83. The summed E-state index contributed by atoms with van der Waals surface area (Å²) in [7, 11) is 0. The van der Waals surface area contributed by atoms with Crippen LogP contribution in [0.1, 0.15) is 60.9 Å². The van der Waals surface area contributed by atoms with Crippen molar-refractivity contribution >= 4 is 29.0 Å². The number of benzene rings is 3. The number of hydrogen-bond donors (Lipinski definition) is 3. The van der Waals surface area contributed by atoms with Gasteiger partial charge in [0.05, 0.1) is 17.4 Å². The second-order valence-corrected chi connectivity index (χ2v) is 10.7. The van der Waals surface area contributed by atoms with Crippen molar-refractivity contribution in [3.05, 3.63) is 77.7 Å². The summed E-state index contributed by atoms with van der Waals surface area (Å²) in [6, 6.07) is 17.8. The lowest BCUT2D eigenvalue weighted by molar-refractivity contribution is -0.122. The summed E-state index contributed by atoms with van der Waals surface area (Å²) in [5.74, 6) is 0.197. The lowest BCUT2D eigenvalue weighted by Crippen LogP contribution is -2.25. The molecule has 2 saturated carbocycles. The van der Waals surface area contributed by atoms with Crippen LogP contribution < -0.4 is 10.6 Å². The number of fused-ring (bicyclic) bond motifs is 1. The van der Waals surface area contributed by atoms with Crippen molar-refractivity contribution in [1.29, 1.82) is 0 Å². The summed E-state index contributed by atoms with van der Waals surface area (Å²) in [4.78, 5) is 20.9. The highest BCUT2D eigenvalue weighted by molar-refractivity contribution is 5.96. The van der Waals surface area contributed by atoms with Crippen molar-refractivity contribution in [2.24, 2.45) is 5.92 Å². The first-order chi connectivity index (χ1) is 19.5. The van der Waals surface area contributed by atoms with E-state index in [1.165, 1.54) is 38.2 Å². The molecule has 6 rings (SSSR count). The van der Waals surface area contributed by atoms with Crippen molar-refractivity contribution in [2.45, 2.75) is 57.9 Å². The molecule has 8 heteroatoms. The Labute approximate surface area is 233 Å². The molecule has 208 valence electrons. The van der Waals surface area contributed by atoms with Crippen molar-refractivity contribution in [3.8, 4) is 16.8 Å². The van der Waals surface area contributed by atoms with E-state index in [1.807, 2.05) is 29.1 Å². The van der Waals surface area contributed by atoms with Crippen LogP contribution in [-0.2, 0) is 4.79 Å². The second kappa shape index (κ2) is 12.3. The lowest BCUT2D eigenvalue weighted by atomic mass is 9.89. The maximum absolute atomic E-state index is 14.8. The SMILES string of the molecule is Cc1c(F)cc(C(=O)NC2CC2)cc1-c1ccc2c(cnn2-c2ccc(NCC3CCCCC3)cc2)c1.O=CO. The lowest BCUT2D eigenvalue weighted by Gasteiger charge is -2.22. The van der Waals surface area contributed by atoms with E-state index in [0.29, 0.717) is 11.1 Å². The van der Waals surface area contributed by atoms with Gasteiger partial charge in [0, 0.05) is 29.2 Å².